The van der Waals surface area contributed by atoms with E-state index in [0.29, 0.717) is 21.9 Å². The van der Waals surface area contributed by atoms with Gasteiger partial charge in [0.2, 0.25) is 5.91 Å². The average molecular weight is 320 g/mol. The molecule has 0 radical (unpaired) electrons. The van der Waals surface area contributed by atoms with Crippen molar-refractivity contribution in [1.29, 1.82) is 0 Å². The Morgan fingerprint density at radius 2 is 1.95 bits per heavy atom. The zero-order valence-electron chi connectivity index (χ0n) is 12.2. The van der Waals surface area contributed by atoms with Crippen LogP contribution in [0.15, 0.2) is 35.7 Å². The highest BCUT2D eigenvalue weighted by molar-refractivity contribution is 7.12. The number of thiophene rings is 1. The molecule has 116 valence electrons. The molecule has 0 saturated heterocycles. The van der Waals surface area contributed by atoms with Crippen LogP contribution in [0, 0.1) is 0 Å². The summed E-state index contributed by atoms with van der Waals surface area (Å²) in [6, 6.07) is 8.64. The fraction of sp³-hybridized carbons (Fsp3) is 0.200. The molecule has 7 heteroatoms. The van der Waals surface area contributed by atoms with Gasteiger partial charge in [0.15, 0.2) is 0 Å². The molecule has 0 fully saturated rings. The van der Waals surface area contributed by atoms with Crippen molar-refractivity contribution in [3.8, 4) is 11.5 Å². The van der Waals surface area contributed by atoms with Gasteiger partial charge in [-0.05, 0) is 17.5 Å². The lowest BCUT2D eigenvalue weighted by Gasteiger charge is -2.11. The zero-order chi connectivity index (χ0) is 15.9. The second kappa shape index (κ2) is 7.46. The molecule has 0 saturated carbocycles. The van der Waals surface area contributed by atoms with Crippen molar-refractivity contribution in [2.75, 3.05) is 14.2 Å². The van der Waals surface area contributed by atoms with Gasteiger partial charge >= 0.3 is 0 Å². The highest BCUT2D eigenvalue weighted by Crippen LogP contribution is 2.24. The van der Waals surface area contributed by atoms with E-state index in [1.54, 1.807) is 42.8 Å². The van der Waals surface area contributed by atoms with Gasteiger partial charge in [-0.3, -0.25) is 20.4 Å². The van der Waals surface area contributed by atoms with Gasteiger partial charge in [0.25, 0.3) is 5.91 Å². The minimum Gasteiger partial charge on any atom is -0.497 e. The smallest absolute Gasteiger partial charge is 0.279 e. The van der Waals surface area contributed by atoms with Crippen molar-refractivity contribution in [3.05, 3.63) is 46.2 Å². The standard InChI is InChI=1S/C15H16N2O4S/c1-20-11-6-5-10(12(9-11)21-2)8-14(18)16-17-15(19)13-4-3-7-22-13/h3-7,9H,8H2,1-2H3,(H,16,18)(H,17,19). The number of hydrazine groups is 1. The van der Waals surface area contributed by atoms with Crippen LogP contribution in [0.4, 0.5) is 0 Å². The Morgan fingerprint density at radius 3 is 2.59 bits per heavy atom. The van der Waals surface area contributed by atoms with Crippen LogP contribution in [0.1, 0.15) is 15.2 Å². The third kappa shape index (κ3) is 3.98. The maximum absolute atomic E-state index is 11.9. The largest absolute Gasteiger partial charge is 0.497 e. The lowest BCUT2D eigenvalue weighted by Crippen LogP contribution is -2.42. The van der Waals surface area contributed by atoms with Crippen LogP contribution in [0.5, 0.6) is 11.5 Å². The minimum absolute atomic E-state index is 0.0812. The van der Waals surface area contributed by atoms with Crippen molar-refractivity contribution >= 4 is 23.2 Å². The summed E-state index contributed by atoms with van der Waals surface area (Å²) in [7, 11) is 3.08. The Bertz CT molecular complexity index is 656. The molecule has 1 heterocycles. The predicted molar refractivity (Wildman–Crippen MR) is 83.2 cm³/mol. The van der Waals surface area contributed by atoms with Crippen LogP contribution in [0.3, 0.4) is 0 Å². The third-order valence-corrected chi connectivity index (χ3v) is 3.77. The van der Waals surface area contributed by atoms with E-state index in [1.807, 2.05) is 0 Å². The molecule has 2 aromatic rings. The molecule has 0 unspecified atom stereocenters. The van der Waals surface area contributed by atoms with E-state index in [1.165, 1.54) is 18.4 Å². The third-order valence-electron chi connectivity index (χ3n) is 2.91. The van der Waals surface area contributed by atoms with Crippen LogP contribution < -0.4 is 20.3 Å². The molecular formula is C15H16N2O4S. The Hall–Kier alpha value is -2.54. The number of rotatable bonds is 5. The molecule has 2 rings (SSSR count). The summed E-state index contributed by atoms with van der Waals surface area (Å²) < 4.78 is 10.3. The SMILES string of the molecule is COc1ccc(CC(=O)NNC(=O)c2cccs2)c(OC)c1. The number of amides is 2. The first kappa shape index (κ1) is 15.8. The fourth-order valence-electron chi connectivity index (χ4n) is 1.81. The van der Waals surface area contributed by atoms with Crippen molar-refractivity contribution < 1.29 is 19.1 Å². The Labute approximate surface area is 132 Å². The Balaban J connectivity index is 1.93. The van der Waals surface area contributed by atoms with Gasteiger partial charge in [-0.15, -0.1) is 11.3 Å². The van der Waals surface area contributed by atoms with Crippen molar-refractivity contribution in [2.24, 2.45) is 0 Å². The van der Waals surface area contributed by atoms with Gasteiger partial charge in [-0.2, -0.15) is 0 Å². The number of ether oxygens (including phenoxy) is 2. The van der Waals surface area contributed by atoms with Gasteiger partial charge in [0.1, 0.15) is 11.5 Å². The normalized spacial score (nSPS) is 9.91. The number of carbonyl (C=O) groups is 2. The van der Waals surface area contributed by atoms with Gasteiger partial charge in [-0.25, -0.2) is 0 Å². The van der Waals surface area contributed by atoms with Crippen molar-refractivity contribution in [1.82, 2.24) is 10.9 Å². The summed E-state index contributed by atoms with van der Waals surface area (Å²) in [6.07, 6.45) is 0.0812. The van der Waals surface area contributed by atoms with E-state index in [-0.39, 0.29) is 18.2 Å². The molecule has 0 spiro atoms. The average Bonchev–Trinajstić information content (AvgIpc) is 3.07. The van der Waals surface area contributed by atoms with Crippen LogP contribution >= 0.6 is 11.3 Å². The molecule has 2 amide bonds. The molecule has 2 N–H and O–H groups in total. The Morgan fingerprint density at radius 1 is 1.14 bits per heavy atom. The molecule has 1 aromatic heterocycles. The lowest BCUT2D eigenvalue weighted by molar-refractivity contribution is -0.121. The lowest BCUT2D eigenvalue weighted by atomic mass is 10.1. The molecule has 0 aliphatic heterocycles. The number of hydrogen-bond acceptors (Lipinski definition) is 5. The molecule has 6 nitrogen and oxygen atoms in total. The highest BCUT2D eigenvalue weighted by Gasteiger charge is 2.12. The van der Waals surface area contributed by atoms with Crippen molar-refractivity contribution in [3.63, 3.8) is 0 Å². The first-order valence-electron chi connectivity index (χ1n) is 6.47. The minimum atomic E-state index is -0.343. The summed E-state index contributed by atoms with van der Waals surface area (Å²) in [6.45, 7) is 0. The van der Waals surface area contributed by atoms with E-state index in [2.05, 4.69) is 10.9 Å². The molecule has 22 heavy (non-hydrogen) atoms. The quantitative estimate of drug-likeness (QED) is 0.823. The second-order valence-electron chi connectivity index (χ2n) is 4.33. The summed E-state index contributed by atoms with van der Waals surface area (Å²) >= 11 is 1.30. The first-order chi connectivity index (χ1) is 10.6. The fourth-order valence-corrected chi connectivity index (χ4v) is 2.43. The summed E-state index contributed by atoms with van der Waals surface area (Å²) in [5.74, 6) is 0.518. The number of hydrogen-bond donors (Lipinski definition) is 2. The van der Waals surface area contributed by atoms with Crippen LogP contribution in [0.2, 0.25) is 0 Å². The van der Waals surface area contributed by atoms with Crippen LogP contribution in [-0.4, -0.2) is 26.0 Å². The molecular weight excluding hydrogens is 304 g/mol. The maximum Gasteiger partial charge on any atom is 0.279 e. The number of methoxy groups -OCH3 is 2. The topological polar surface area (TPSA) is 76.7 Å². The number of carbonyl (C=O) groups excluding carboxylic acids is 2. The summed E-state index contributed by atoms with van der Waals surface area (Å²) in [4.78, 5) is 24.1. The molecule has 0 aliphatic rings. The molecule has 0 bridgehead atoms. The molecule has 0 atom stereocenters. The summed E-state index contributed by atoms with van der Waals surface area (Å²) in [5.41, 5.74) is 5.45. The monoisotopic (exact) mass is 320 g/mol. The molecule has 0 aliphatic carbocycles. The highest BCUT2D eigenvalue weighted by atomic mass is 32.1. The summed E-state index contributed by atoms with van der Waals surface area (Å²) in [5, 5.41) is 1.79. The van der Waals surface area contributed by atoms with E-state index in [0.717, 1.165) is 0 Å². The number of nitrogens with one attached hydrogen (secondary N) is 2. The van der Waals surface area contributed by atoms with E-state index >= 15 is 0 Å². The Kier molecular flexibility index (Phi) is 5.37. The van der Waals surface area contributed by atoms with Gasteiger partial charge in [0.05, 0.1) is 25.5 Å². The number of benzene rings is 1. The zero-order valence-corrected chi connectivity index (χ0v) is 13.0. The van der Waals surface area contributed by atoms with Crippen LogP contribution in [0.25, 0.3) is 0 Å². The van der Waals surface area contributed by atoms with E-state index in [4.69, 9.17) is 9.47 Å². The second-order valence-corrected chi connectivity index (χ2v) is 5.28. The van der Waals surface area contributed by atoms with Gasteiger partial charge in [-0.1, -0.05) is 12.1 Å². The van der Waals surface area contributed by atoms with E-state index in [9.17, 15) is 9.59 Å². The molecule has 1 aromatic carbocycles. The first-order valence-corrected chi connectivity index (χ1v) is 7.35. The maximum atomic E-state index is 11.9. The van der Waals surface area contributed by atoms with Gasteiger partial charge in [0, 0.05) is 11.6 Å². The predicted octanol–water partition coefficient (Wildman–Crippen LogP) is 1.77. The van der Waals surface area contributed by atoms with Gasteiger partial charge < -0.3 is 9.47 Å². The van der Waals surface area contributed by atoms with E-state index < -0.39 is 0 Å². The van der Waals surface area contributed by atoms with Crippen LogP contribution in [-0.2, 0) is 11.2 Å². The van der Waals surface area contributed by atoms with Crippen molar-refractivity contribution in [2.45, 2.75) is 6.42 Å².